The van der Waals surface area contributed by atoms with Crippen molar-refractivity contribution in [1.29, 1.82) is 0 Å². The molecule has 1 atom stereocenters. The van der Waals surface area contributed by atoms with Crippen LogP contribution >= 0.6 is 0 Å². The molecular formula is C16H20N2O. The van der Waals surface area contributed by atoms with Gasteiger partial charge in [0, 0.05) is 6.04 Å². The first-order valence-electron chi connectivity index (χ1n) is 7.44. The van der Waals surface area contributed by atoms with Gasteiger partial charge in [0.1, 0.15) is 6.17 Å². The van der Waals surface area contributed by atoms with Gasteiger partial charge in [-0.3, -0.25) is 10.1 Å². The number of amides is 1. The van der Waals surface area contributed by atoms with Gasteiger partial charge in [0.25, 0.3) is 0 Å². The molecule has 19 heavy (non-hydrogen) atoms. The Kier molecular flexibility index (Phi) is 2.62. The zero-order valence-electron chi connectivity index (χ0n) is 11.1. The van der Waals surface area contributed by atoms with E-state index in [4.69, 9.17) is 0 Å². The van der Waals surface area contributed by atoms with Crippen molar-refractivity contribution in [3.05, 3.63) is 35.9 Å². The fourth-order valence-corrected chi connectivity index (χ4v) is 3.48. The molecule has 0 radical (unpaired) electrons. The second kappa shape index (κ2) is 4.34. The molecule has 0 aromatic heterocycles. The SMILES string of the molecule is O=C1CNC(c2ccccc2)N1C(C1CC1)C1CC1. The topological polar surface area (TPSA) is 32.3 Å². The highest BCUT2D eigenvalue weighted by molar-refractivity contribution is 5.81. The molecule has 3 aliphatic rings. The average Bonchev–Trinajstić information content (AvgIpc) is 3.33. The van der Waals surface area contributed by atoms with E-state index in [-0.39, 0.29) is 12.1 Å². The van der Waals surface area contributed by atoms with Crippen molar-refractivity contribution in [2.75, 3.05) is 6.54 Å². The summed E-state index contributed by atoms with van der Waals surface area (Å²) in [6, 6.07) is 10.9. The summed E-state index contributed by atoms with van der Waals surface area (Å²) in [5.41, 5.74) is 1.22. The molecule has 0 bridgehead atoms. The van der Waals surface area contributed by atoms with Gasteiger partial charge >= 0.3 is 0 Å². The number of benzene rings is 1. The highest BCUT2D eigenvalue weighted by atomic mass is 16.2. The summed E-state index contributed by atoms with van der Waals surface area (Å²) in [6.07, 6.45) is 5.34. The smallest absolute Gasteiger partial charge is 0.238 e. The van der Waals surface area contributed by atoms with Gasteiger partial charge in [-0.15, -0.1) is 0 Å². The molecule has 2 aliphatic carbocycles. The third-order valence-corrected chi connectivity index (χ3v) is 4.66. The fraction of sp³-hybridized carbons (Fsp3) is 0.562. The Balaban J connectivity index is 1.65. The summed E-state index contributed by atoms with van der Waals surface area (Å²) in [7, 11) is 0. The zero-order valence-corrected chi connectivity index (χ0v) is 11.1. The van der Waals surface area contributed by atoms with E-state index in [1.807, 2.05) is 6.07 Å². The number of hydrogen-bond acceptors (Lipinski definition) is 2. The largest absolute Gasteiger partial charge is 0.318 e. The monoisotopic (exact) mass is 256 g/mol. The van der Waals surface area contributed by atoms with Crippen molar-refractivity contribution in [2.24, 2.45) is 11.8 Å². The van der Waals surface area contributed by atoms with Gasteiger partial charge in [-0.1, -0.05) is 30.3 Å². The van der Waals surface area contributed by atoms with Gasteiger partial charge in [0.15, 0.2) is 0 Å². The maximum atomic E-state index is 12.3. The number of rotatable bonds is 4. The van der Waals surface area contributed by atoms with E-state index in [1.165, 1.54) is 31.2 Å². The lowest BCUT2D eigenvalue weighted by Crippen LogP contribution is -2.42. The number of carbonyl (C=O) groups excluding carboxylic acids is 1. The molecule has 1 aromatic rings. The Bertz CT molecular complexity index is 467. The standard InChI is InChI=1S/C16H20N2O/c19-14-10-17-16(13-4-2-1-3-5-13)18(14)15(11-6-7-11)12-8-9-12/h1-5,11-12,15-17H,6-10H2. The second-order valence-corrected chi connectivity index (χ2v) is 6.16. The third-order valence-electron chi connectivity index (χ3n) is 4.66. The van der Waals surface area contributed by atoms with Crippen LogP contribution in [0.3, 0.4) is 0 Å². The molecule has 1 aromatic carbocycles. The molecule has 1 aliphatic heterocycles. The fourth-order valence-electron chi connectivity index (χ4n) is 3.48. The predicted molar refractivity (Wildman–Crippen MR) is 73.3 cm³/mol. The number of nitrogens with one attached hydrogen (secondary N) is 1. The van der Waals surface area contributed by atoms with Gasteiger partial charge in [-0.05, 0) is 43.1 Å². The van der Waals surface area contributed by atoms with Crippen LogP contribution in [0, 0.1) is 11.8 Å². The van der Waals surface area contributed by atoms with Crippen LogP contribution in [-0.2, 0) is 4.79 Å². The Morgan fingerprint density at radius 3 is 2.26 bits per heavy atom. The van der Waals surface area contributed by atoms with Gasteiger partial charge in [-0.2, -0.15) is 0 Å². The molecule has 1 saturated heterocycles. The molecule has 4 rings (SSSR count). The zero-order chi connectivity index (χ0) is 12.8. The quantitative estimate of drug-likeness (QED) is 0.896. The van der Waals surface area contributed by atoms with Crippen LogP contribution in [0.25, 0.3) is 0 Å². The minimum atomic E-state index is 0.0971. The van der Waals surface area contributed by atoms with Crippen LogP contribution in [0.2, 0.25) is 0 Å². The molecule has 0 spiro atoms. The number of carbonyl (C=O) groups is 1. The van der Waals surface area contributed by atoms with E-state index in [2.05, 4.69) is 34.5 Å². The van der Waals surface area contributed by atoms with E-state index in [0.29, 0.717) is 12.6 Å². The summed E-state index contributed by atoms with van der Waals surface area (Å²) in [5.74, 6) is 1.82. The molecule has 3 nitrogen and oxygen atoms in total. The van der Waals surface area contributed by atoms with Crippen molar-refractivity contribution < 1.29 is 4.79 Å². The molecule has 3 heteroatoms. The van der Waals surface area contributed by atoms with Crippen LogP contribution in [0.1, 0.15) is 37.4 Å². The van der Waals surface area contributed by atoms with Crippen molar-refractivity contribution in [3.8, 4) is 0 Å². The minimum absolute atomic E-state index is 0.0971. The molecule has 2 saturated carbocycles. The van der Waals surface area contributed by atoms with Gasteiger partial charge in [0.05, 0.1) is 6.54 Å². The molecule has 100 valence electrons. The van der Waals surface area contributed by atoms with E-state index in [1.54, 1.807) is 0 Å². The van der Waals surface area contributed by atoms with Crippen molar-refractivity contribution in [3.63, 3.8) is 0 Å². The van der Waals surface area contributed by atoms with Crippen LogP contribution in [-0.4, -0.2) is 23.4 Å². The maximum absolute atomic E-state index is 12.3. The van der Waals surface area contributed by atoms with E-state index in [9.17, 15) is 4.79 Å². The highest BCUT2D eigenvalue weighted by Crippen LogP contribution is 2.49. The predicted octanol–water partition coefficient (Wildman–Crippen LogP) is 2.31. The first kappa shape index (κ1) is 11.5. The Hall–Kier alpha value is -1.35. The minimum Gasteiger partial charge on any atom is -0.318 e. The maximum Gasteiger partial charge on any atom is 0.238 e. The van der Waals surface area contributed by atoms with Crippen molar-refractivity contribution >= 4 is 5.91 Å². The van der Waals surface area contributed by atoms with Crippen LogP contribution < -0.4 is 5.32 Å². The second-order valence-electron chi connectivity index (χ2n) is 6.16. The van der Waals surface area contributed by atoms with Crippen molar-refractivity contribution in [2.45, 2.75) is 37.9 Å². The van der Waals surface area contributed by atoms with Gasteiger partial charge in [-0.25, -0.2) is 0 Å². The molecule has 1 amide bonds. The number of nitrogens with zero attached hydrogens (tertiary/aromatic N) is 1. The molecular weight excluding hydrogens is 236 g/mol. The summed E-state index contributed by atoms with van der Waals surface area (Å²) < 4.78 is 0. The molecule has 1 heterocycles. The Morgan fingerprint density at radius 2 is 1.68 bits per heavy atom. The van der Waals surface area contributed by atoms with Crippen LogP contribution in [0.5, 0.6) is 0 Å². The van der Waals surface area contributed by atoms with E-state index in [0.717, 1.165) is 11.8 Å². The molecule has 1 unspecified atom stereocenters. The lowest BCUT2D eigenvalue weighted by molar-refractivity contribution is -0.131. The summed E-state index contributed by atoms with van der Waals surface area (Å²) >= 11 is 0. The Labute approximate surface area is 114 Å². The highest BCUT2D eigenvalue weighted by Gasteiger charge is 2.49. The summed E-state index contributed by atoms with van der Waals surface area (Å²) in [4.78, 5) is 14.5. The van der Waals surface area contributed by atoms with Crippen LogP contribution in [0.4, 0.5) is 0 Å². The van der Waals surface area contributed by atoms with E-state index < -0.39 is 0 Å². The lowest BCUT2D eigenvalue weighted by atomic mass is 10.0. The van der Waals surface area contributed by atoms with Gasteiger partial charge < -0.3 is 4.90 Å². The van der Waals surface area contributed by atoms with E-state index >= 15 is 0 Å². The molecule has 3 fully saturated rings. The first-order chi connectivity index (χ1) is 9.34. The summed E-state index contributed by atoms with van der Waals surface area (Å²) in [5, 5.41) is 3.39. The number of hydrogen-bond donors (Lipinski definition) is 1. The Morgan fingerprint density at radius 1 is 1.05 bits per heavy atom. The normalized spacial score (nSPS) is 27.3. The van der Waals surface area contributed by atoms with Crippen molar-refractivity contribution in [1.82, 2.24) is 10.2 Å². The van der Waals surface area contributed by atoms with Gasteiger partial charge in [0.2, 0.25) is 5.91 Å². The first-order valence-corrected chi connectivity index (χ1v) is 7.44. The summed E-state index contributed by atoms with van der Waals surface area (Å²) in [6.45, 7) is 0.496. The molecule has 1 N–H and O–H groups in total. The third kappa shape index (κ3) is 2.06. The lowest BCUT2D eigenvalue weighted by Gasteiger charge is -2.33. The van der Waals surface area contributed by atoms with Crippen LogP contribution in [0.15, 0.2) is 30.3 Å². The average molecular weight is 256 g/mol.